The lowest BCUT2D eigenvalue weighted by atomic mass is 10.1. The van der Waals surface area contributed by atoms with Crippen LogP contribution in [0.4, 0.5) is 0 Å². The Labute approximate surface area is 195 Å². The zero-order chi connectivity index (χ0) is 23.8. The fraction of sp³-hybridized carbons (Fsp3) is 0.231. The molecule has 7 heteroatoms. The van der Waals surface area contributed by atoms with E-state index in [2.05, 4.69) is 22.2 Å². The zero-order valence-corrected chi connectivity index (χ0v) is 19.6. The summed E-state index contributed by atoms with van der Waals surface area (Å²) in [4.78, 5) is 23.9. The van der Waals surface area contributed by atoms with Crippen LogP contribution in [0.25, 0.3) is 0 Å². The van der Waals surface area contributed by atoms with Gasteiger partial charge in [-0.1, -0.05) is 54.6 Å². The third-order valence-electron chi connectivity index (χ3n) is 5.34. The number of ketones is 1. The second-order valence-electron chi connectivity index (χ2n) is 8.00. The van der Waals surface area contributed by atoms with Gasteiger partial charge < -0.3 is 5.32 Å². The number of hydrogen-bond donors (Lipinski definition) is 2. The number of hydrogen-bond acceptors (Lipinski definition) is 4. The lowest BCUT2D eigenvalue weighted by molar-refractivity contribution is 0.0937. The molecule has 0 aliphatic heterocycles. The van der Waals surface area contributed by atoms with Crippen LogP contribution in [0.3, 0.4) is 0 Å². The zero-order valence-electron chi connectivity index (χ0n) is 18.7. The van der Waals surface area contributed by atoms with Gasteiger partial charge in [-0.25, -0.2) is 13.1 Å². The minimum Gasteiger partial charge on any atom is -0.350 e. The van der Waals surface area contributed by atoms with Crippen molar-refractivity contribution in [1.29, 1.82) is 0 Å². The molecule has 0 unspecified atom stereocenters. The minimum atomic E-state index is -3.71. The predicted molar refractivity (Wildman–Crippen MR) is 129 cm³/mol. The molecule has 0 spiro atoms. The number of sulfonamides is 1. The highest BCUT2D eigenvalue weighted by Gasteiger charge is 2.15. The Morgan fingerprint density at radius 3 is 2.03 bits per heavy atom. The molecule has 0 saturated heterocycles. The average molecular weight is 465 g/mol. The van der Waals surface area contributed by atoms with E-state index in [1.807, 2.05) is 25.1 Å². The van der Waals surface area contributed by atoms with Gasteiger partial charge in [0.2, 0.25) is 10.0 Å². The van der Waals surface area contributed by atoms with Gasteiger partial charge in [0.05, 0.1) is 4.90 Å². The molecule has 6 nitrogen and oxygen atoms in total. The van der Waals surface area contributed by atoms with E-state index < -0.39 is 10.0 Å². The maximum atomic E-state index is 12.5. The summed E-state index contributed by atoms with van der Waals surface area (Å²) in [6.45, 7) is 3.50. The summed E-state index contributed by atoms with van der Waals surface area (Å²) in [7, 11) is -3.71. The number of aryl methyl sites for hydroxylation is 1. The molecule has 1 amide bonds. The number of benzene rings is 3. The van der Waals surface area contributed by atoms with Crippen LogP contribution < -0.4 is 10.0 Å². The van der Waals surface area contributed by atoms with Crippen LogP contribution in [0.5, 0.6) is 0 Å². The molecule has 0 bridgehead atoms. The molecule has 0 heterocycles. The van der Waals surface area contributed by atoms with E-state index in [0.717, 1.165) is 18.4 Å². The van der Waals surface area contributed by atoms with Crippen LogP contribution in [0, 0.1) is 0 Å². The van der Waals surface area contributed by atoms with Crippen molar-refractivity contribution in [1.82, 2.24) is 10.0 Å². The molecule has 1 atom stereocenters. The van der Waals surface area contributed by atoms with Gasteiger partial charge in [-0.15, -0.1) is 0 Å². The number of amides is 1. The van der Waals surface area contributed by atoms with Crippen molar-refractivity contribution in [2.45, 2.75) is 44.2 Å². The molecule has 33 heavy (non-hydrogen) atoms. The van der Waals surface area contributed by atoms with E-state index in [0.29, 0.717) is 11.1 Å². The number of rotatable bonds is 10. The molecule has 3 rings (SSSR count). The normalized spacial score (nSPS) is 12.2. The summed E-state index contributed by atoms with van der Waals surface area (Å²) in [6, 6.07) is 22.8. The van der Waals surface area contributed by atoms with E-state index in [4.69, 9.17) is 0 Å². The van der Waals surface area contributed by atoms with Crippen molar-refractivity contribution < 1.29 is 18.0 Å². The average Bonchev–Trinajstić information content (AvgIpc) is 2.82. The van der Waals surface area contributed by atoms with Gasteiger partial charge in [0.25, 0.3) is 5.91 Å². The van der Waals surface area contributed by atoms with Gasteiger partial charge >= 0.3 is 0 Å². The fourth-order valence-corrected chi connectivity index (χ4v) is 4.33. The summed E-state index contributed by atoms with van der Waals surface area (Å²) in [5.74, 6) is -0.283. The highest BCUT2D eigenvalue weighted by Crippen LogP contribution is 2.13. The molecule has 2 N–H and O–H groups in total. The Morgan fingerprint density at radius 1 is 0.818 bits per heavy atom. The summed E-state index contributed by atoms with van der Waals surface area (Å²) in [5, 5.41) is 3.00. The minimum absolute atomic E-state index is 0.0265. The molecule has 0 aliphatic rings. The van der Waals surface area contributed by atoms with Crippen molar-refractivity contribution in [3.05, 3.63) is 101 Å². The predicted octanol–water partition coefficient (Wildman–Crippen LogP) is 4.12. The summed E-state index contributed by atoms with van der Waals surface area (Å²) in [6.07, 6.45) is 1.72. The quantitative estimate of drug-likeness (QED) is 0.442. The topological polar surface area (TPSA) is 92.3 Å². The molecule has 3 aromatic rings. The van der Waals surface area contributed by atoms with E-state index >= 15 is 0 Å². The fourth-order valence-electron chi connectivity index (χ4n) is 3.31. The molecule has 3 aromatic carbocycles. The Balaban J connectivity index is 1.51. The maximum Gasteiger partial charge on any atom is 0.251 e. The molecule has 0 radical (unpaired) electrons. The number of carbonyl (C=O) groups excluding carboxylic acids is 2. The van der Waals surface area contributed by atoms with Crippen molar-refractivity contribution in [3.8, 4) is 0 Å². The second-order valence-corrected chi connectivity index (χ2v) is 9.77. The maximum absolute atomic E-state index is 12.5. The molecule has 0 aromatic heterocycles. The second kappa shape index (κ2) is 11.0. The van der Waals surface area contributed by atoms with Crippen LogP contribution >= 0.6 is 0 Å². The highest BCUT2D eigenvalue weighted by atomic mass is 32.2. The monoisotopic (exact) mass is 464 g/mol. The molecule has 0 aliphatic carbocycles. The first kappa shape index (κ1) is 24.4. The van der Waals surface area contributed by atoms with Gasteiger partial charge in [0, 0.05) is 23.7 Å². The Morgan fingerprint density at radius 2 is 1.42 bits per heavy atom. The highest BCUT2D eigenvalue weighted by molar-refractivity contribution is 7.89. The van der Waals surface area contributed by atoms with Crippen LogP contribution in [-0.2, 0) is 23.0 Å². The number of nitrogens with one attached hydrogen (secondary N) is 2. The number of Topliss-reactive ketones (excluding diaryl/α,β-unsaturated/α-hetero) is 1. The van der Waals surface area contributed by atoms with E-state index in [1.165, 1.54) is 36.8 Å². The van der Waals surface area contributed by atoms with Crippen molar-refractivity contribution >= 4 is 21.7 Å². The first-order valence-electron chi connectivity index (χ1n) is 10.8. The summed E-state index contributed by atoms with van der Waals surface area (Å²) in [5.41, 5.74) is 2.94. The van der Waals surface area contributed by atoms with Gasteiger partial charge in [0.15, 0.2) is 5.78 Å². The smallest absolute Gasteiger partial charge is 0.251 e. The first-order valence-corrected chi connectivity index (χ1v) is 12.3. The van der Waals surface area contributed by atoms with Crippen molar-refractivity contribution in [2.75, 3.05) is 0 Å². The van der Waals surface area contributed by atoms with Gasteiger partial charge in [-0.3, -0.25) is 9.59 Å². The van der Waals surface area contributed by atoms with Gasteiger partial charge in [-0.05, 0) is 62.1 Å². The Kier molecular flexibility index (Phi) is 8.14. The lowest BCUT2D eigenvalue weighted by Crippen LogP contribution is -2.32. The van der Waals surface area contributed by atoms with Crippen LogP contribution in [-0.4, -0.2) is 26.2 Å². The Hall–Kier alpha value is -3.29. The van der Waals surface area contributed by atoms with Crippen LogP contribution in [0.15, 0.2) is 83.8 Å². The van der Waals surface area contributed by atoms with Crippen LogP contribution in [0.2, 0.25) is 0 Å². The number of carbonyl (C=O) groups is 2. The molecule has 0 saturated carbocycles. The summed E-state index contributed by atoms with van der Waals surface area (Å²) < 4.78 is 27.5. The third-order valence-corrected chi connectivity index (χ3v) is 6.76. The van der Waals surface area contributed by atoms with E-state index in [1.54, 1.807) is 24.3 Å². The molecular weight excluding hydrogens is 436 g/mol. The summed E-state index contributed by atoms with van der Waals surface area (Å²) >= 11 is 0. The van der Waals surface area contributed by atoms with Gasteiger partial charge in [-0.2, -0.15) is 0 Å². The van der Waals surface area contributed by atoms with Crippen molar-refractivity contribution in [3.63, 3.8) is 0 Å². The first-order chi connectivity index (χ1) is 15.7. The largest absolute Gasteiger partial charge is 0.350 e. The third kappa shape index (κ3) is 7.10. The van der Waals surface area contributed by atoms with E-state index in [-0.39, 0.29) is 29.2 Å². The molecule has 172 valence electrons. The van der Waals surface area contributed by atoms with Crippen molar-refractivity contribution in [2.24, 2.45) is 0 Å². The van der Waals surface area contributed by atoms with Gasteiger partial charge in [0.1, 0.15) is 0 Å². The SMILES string of the molecule is CC(=O)c1ccc(S(=O)(=O)NCc2ccc(C(=O)N[C@@H](C)CCc3ccccc3)cc2)cc1. The Bertz CT molecular complexity index is 1190. The van der Waals surface area contributed by atoms with Crippen LogP contribution in [0.1, 0.15) is 52.1 Å². The molecular formula is C26H28N2O4S. The lowest BCUT2D eigenvalue weighted by Gasteiger charge is -2.14. The standard InChI is InChI=1S/C26H28N2O4S/c1-19(8-9-21-6-4-3-5-7-21)28-26(30)24-12-10-22(11-13-24)18-27-33(31,32)25-16-14-23(15-17-25)20(2)29/h3-7,10-17,19,27H,8-9,18H2,1-2H3,(H,28,30)/t19-/m0/s1. The molecule has 0 fully saturated rings. The van der Waals surface area contributed by atoms with E-state index in [9.17, 15) is 18.0 Å².